The number of carbonyl (C=O) groups excluding carboxylic acids is 1. The van der Waals surface area contributed by atoms with Gasteiger partial charge in [0.25, 0.3) is 0 Å². The third-order valence-electron chi connectivity index (χ3n) is 2.52. The van der Waals surface area contributed by atoms with E-state index in [0.717, 1.165) is 6.07 Å². The van der Waals surface area contributed by atoms with E-state index in [9.17, 15) is 21.6 Å². The fourth-order valence-electron chi connectivity index (χ4n) is 1.56. The standard InChI is InChI=1S/C8H9NO5S3/c1-4-2-6(10)5-3-7(17(9,13)14)15-8(5)16(4,11)12/h3-4H,2H2,1H3,(H2,9,13,14). The Bertz CT molecular complexity index is 698. The molecule has 94 valence electrons. The topological polar surface area (TPSA) is 111 Å². The second-order valence-corrected chi connectivity index (χ2v) is 9.20. The van der Waals surface area contributed by atoms with Crippen LogP contribution in [0.5, 0.6) is 0 Å². The number of nitrogens with two attached hydrogens (primary N) is 1. The van der Waals surface area contributed by atoms with Crippen molar-refractivity contribution in [2.24, 2.45) is 5.14 Å². The lowest BCUT2D eigenvalue weighted by Gasteiger charge is -2.16. The summed E-state index contributed by atoms with van der Waals surface area (Å²) in [4.78, 5) is 11.6. The van der Waals surface area contributed by atoms with Crippen LogP contribution in [0.1, 0.15) is 23.7 Å². The minimum absolute atomic E-state index is 0.0582. The Morgan fingerprint density at radius 1 is 1.47 bits per heavy atom. The van der Waals surface area contributed by atoms with E-state index in [-0.39, 0.29) is 26.2 Å². The summed E-state index contributed by atoms with van der Waals surface area (Å²) >= 11 is 0.535. The van der Waals surface area contributed by atoms with E-state index < -0.39 is 25.1 Å². The summed E-state index contributed by atoms with van der Waals surface area (Å²) < 4.78 is 45.6. The van der Waals surface area contributed by atoms with E-state index in [1.807, 2.05) is 0 Å². The van der Waals surface area contributed by atoms with Crippen LogP contribution >= 0.6 is 11.3 Å². The normalized spacial score (nSPS) is 23.4. The Balaban J connectivity index is 2.77. The van der Waals surface area contributed by atoms with Crippen molar-refractivity contribution in [2.75, 3.05) is 0 Å². The zero-order valence-corrected chi connectivity index (χ0v) is 11.2. The highest BCUT2D eigenvalue weighted by molar-refractivity contribution is 7.95. The predicted octanol–water partition coefficient (Wildman–Crippen LogP) is 0.144. The molecule has 2 heterocycles. The third-order valence-corrected chi connectivity index (χ3v) is 7.78. The van der Waals surface area contributed by atoms with E-state index in [4.69, 9.17) is 5.14 Å². The Hall–Kier alpha value is -0.770. The monoisotopic (exact) mass is 295 g/mol. The number of Topliss-reactive ketones (excluding diaryl/α,β-unsaturated/α-hetero) is 1. The first kappa shape index (κ1) is 12.7. The molecule has 9 heteroatoms. The van der Waals surface area contributed by atoms with Gasteiger partial charge in [-0.05, 0) is 13.0 Å². The first-order valence-electron chi connectivity index (χ1n) is 4.58. The molecule has 0 spiro atoms. The van der Waals surface area contributed by atoms with Gasteiger partial charge in [0, 0.05) is 12.0 Å². The van der Waals surface area contributed by atoms with Crippen LogP contribution in [0.25, 0.3) is 0 Å². The maximum Gasteiger partial charge on any atom is 0.247 e. The molecule has 17 heavy (non-hydrogen) atoms. The van der Waals surface area contributed by atoms with E-state index in [2.05, 4.69) is 0 Å². The van der Waals surface area contributed by atoms with E-state index in [1.54, 1.807) is 0 Å². The molecule has 0 amide bonds. The maximum absolute atomic E-state index is 11.9. The van der Waals surface area contributed by atoms with E-state index in [0.29, 0.717) is 11.3 Å². The van der Waals surface area contributed by atoms with Crippen molar-refractivity contribution in [1.29, 1.82) is 0 Å². The molecule has 0 saturated carbocycles. The van der Waals surface area contributed by atoms with Gasteiger partial charge < -0.3 is 0 Å². The van der Waals surface area contributed by atoms with Gasteiger partial charge in [0.05, 0.1) is 5.25 Å². The van der Waals surface area contributed by atoms with Gasteiger partial charge in [-0.15, -0.1) is 11.3 Å². The molecular formula is C8H9NO5S3. The lowest BCUT2D eigenvalue weighted by molar-refractivity contribution is 0.0977. The van der Waals surface area contributed by atoms with Crippen LogP contribution in [0.4, 0.5) is 0 Å². The van der Waals surface area contributed by atoms with Crippen LogP contribution in [0.15, 0.2) is 14.5 Å². The second kappa shape index (κ2) is 3.61. The van der Waals surface area contributed by atoms with Crippen molar-refractivity contribution in [3.8, 4) is 0 Å². The summed E-state index contributed by atoms with van der Waals surface area (Å²) in [6, 6.07) is 1.04. The van der Waals surface area contributed by atoms with Crippen LogP contribution in [0.3, 0.4) is 0 Å². The number of hydrogen-bond donors (Lipinski definition) is 1. The van der Waals surface area contributed by atoms with Crippen LogP contribution < -0.4 is 5.14 Å². The number of sulfonamides is 1. The Kier molecular flexibility index (Phi) is 2.69. The van der Waals surface area contributed by atoms with Crippen molar-refractivity contribution in [1.82, 2.24) is 0 Å². The molecule has 2 N–H and O–H groups in total. The van der Waals surface area contributed by atoms with Crippen LogP contribution in [0, 0.1) is 0 Å². The number of ketones is 1. The van der Waals surface area contributed by atoms with Gasteiger partial charge in [-0.2, -0.15) is 0 Å². The number of rotatable bonds is 1. The molecular weight excluding hydrogens is 286 g/mol. The number of thiophene rings is 1. The summed E-state index contributed by atoms with van der Waals surface area (Å²) in [5.41, 5.74) is -0.0582. The quantitative estimate of drug-likeness (QED) is 0.792. The number of fused-ring (bicyclic) bond motifs is 1. The van der Waals surface area contributed by atoms with Gasteiger partial charge in [0.15, 0.2) is 15.6 Å². The van der Waals surface area contributed by atoms with Crippen molar-refractivity contribution in [2.45, 2.75) is 27.0 Å². The minimum Gasteiger partial charge on any atom is -0.294 e. The summed E-state index contributed by atoms with van der Waals surface area (Å²) in [7, 11) is -7.60. The number of carbonyl (C=O) groups is 1. The summed E-state index contributed by atoms with van der Waals surface area (Å²) in [5, 5.41) is 4.09. The average molecular weight is 295 g/mol. The lowest BCUT2D eigenvalue weighted by Crippen LogP contribution is -2.27. The minimum atomic E-state index is -3.99. The van der Waals surface area contributed by atoms with Gasteiger partial charge in [-0.25, -0.2) is 22.0 Å². The number of hydrogen-bond acceptors (Lipinski definition) is 6. The Morgan fingerprint density at radius 2 is 2.06 bits per heavy atom. The van der Waals surface area contributed by atoms with Gasteiger partial charge in [0.1, 0.15) is 8.42 Å². The molecule has 1 aromatic rings. The summed E-state index contributed by atoms with van der Waals surface area (Å²) in [5.74, 6) is -0.367. The Morgan fingerprint density at radius 3 is 2.59 bits per heavy atom. The highest BCUT2D eigenvalue weighted by atomic mass is 32.3. The first-order valence-corrected chi connectivity index (χ1v) is 8.48. The fourth-order valence-corrected chi connectivity index (χ4v) is 5.80. The fraction of sp³-hybridized carbons (Fsp3) is 0.375. The van der Waals surface area contributed by atoms with Crippen LogP contribution in [0.2, 0.25) is 0 Å². The summed E-state index contributed by atoms with van der Waals surface area (Å²) in [6.45, 7) is 1.42. The van der Waals surface area contributed by atoms with Crippen molar-refractivity contribution in [3.63, 3.8) is 0 Å². The molecule has 0 saturated heterocycles. The zero-order chi connectivity index (χ0) is 13.0. The maximum atomic E-state index is 11.9. The summed E-state index contributed by atoms with van der Waals surface area (Å²) in [6.07, 6.45) is -0.129. The van der Waals surface area contributed by atoms with Crippen LogP contribution in [-0.2, 0) is 19.9 Å². The van der Waals surface area contributed by atoms with E-state index in [1.165, 1.54) is 6.92 Å². The molecule has 0 bridgehead atoms. The molecule has 1 aliphatic rings. The number of primary sulfonamides is 1. The molecule has 0 aliphatic carbocycles. The smallest absolute Gasteiger partial charge is 0.247 e. The molecule has 1 atom stereocenters. The second-order valence-electron chi connectivity index (χ2n) is 3.79. The SMILES string of the molecule is CC1CC(=O)c2cc(S(N)(=O)=O)sc2S1(=O)=O. The molecule has 1 aliphatic heterocycles. The molecule has 0 radical (unpaired) electrons. The predicted molar refractivity (Wildman–Crippen MR) is 61.3 cm³/mol. The van der Waals surface area contributed by atoms with Crippen molar-refractivity contribution < 1.29 is 21.6 Å². The van der Waals surface area contributed by atoms with Gasteiger partial charge in [0.2, 0.25) is 10.0 Å². The van der Waals surface area contributed by atoms with Crippen molar-refractivity contribution in [3.05, 3.63) is 11.6 Å². The molecule has 6 nitrogen and oxygen atoms in total. The zero-order valence-electron chi connectivity index (χ0n) is 8.71. The molecule has 2 rings (SSSR count). The highest BCUT2D eigenvalue weighted by Gasteiger charge is 2.38. The van der Waals surface area contributed by atoms with Crippen molar-refractivity contribution >= 4 is 37.0 Å². The largest absolute Gasteiger partial charge is 0.294 e. The molecule has 1 unspecified atom stereocenters. The van der Waals surface area contributed by atoms with Gasteiger partial charge >= 0.3 is 0 Å². The average Bonchev–Trinajstić information content (AvgIpc) is 2.59. The van der Waals surface area contributed by atoms with Crippen LogP contribution in [-0.4, -0.2) is 27.9 Å². The molecule has 1 aromatic heterocycles. The molecule has 0 aromatic carbocycles. The molecule has 0 fully saturated rings. The first-order chi connectivity index (χ1) is 7.64. The van der Waals surface area contributed by atoms with Gasteiger partial charge in [-0.1, -0.05) is 0 Å². The van der Waals surface area contributed by atoms with E-state index >= 15 is 0 Å². The van der Waals surface area contributed by atoms with Gasteiger partial charge in [-0.3, -0.25) is 4.79 Å². The highest BCUT2D eigenvalue weighted by Crippen LogP contribution is 2.37. The lowest BCUT2D eigenvalue weighted by atomic mass is 10.1. The third kappa shape index (κ3) is 1.92. The number of sulfone groups is 1. The Labute approximate surface area is 102 Å².